The van der Waals surface area contributed by atoms with Gasteiger partial charge in [-0.3, -0.25) is 0 Å². The zero-order valence-corrected chi connectivity index (χ0v) is 18.5. The first kappa shape index (κ1) is 19.5. The molecule has 0 atom stereocenters. The Morgan fingerprint density at radius 2 is 1.03 bits per heavy atom. The van der Waals surface area contributed by atoms with Crippen LogP contribution in [-0.4, -0.2) is 15.0 Å². The van der Waals surface area contributed by atoms with Gasteiger partial charge in [0.05, 0.1) is 21.6 Å². The van der Waals surface area contributed by atoms with Crippen molar-refractivity contribution in [3.63, 3.8) is 0 Å². The number of hydrogen-bond donors (Lipinski definition) is 0. The summed E-state index contributed by atoms with van der Waals surface area (Å²) in [7, 11) is 0. The highest BCUT2D eigenvalue weighted by Crippen LogP contribution is 2.37. The summed E-state index contributed by atoms with van der Waals surface area (Å²) < 4.78 is 1.10. The van der Waals surface area contributed by atoms with Gasteiger partial charge in [0.1, 0.15) is 5.01 Å². The number of nitrogens with zero attached hydrogens (tertiary/aromatic N) is 3. The van der Waals surface area contributed by atoms with Crippen LogP contribution in [0.5, 0.6) is 0 Å². The van der Waals surface area contributed by atoms with E-state index in [-0.39, 0.29) is 0 Å². The number of fused-ring (bicyclic) bond motifs is 1. The minimum atomic E-state index is 0.712. The predicted molar refractivity (Wildman–Crippen MR) is 137 cm³/mol. The zero-order valence-electron chi connectivity index (χ0n) is 17.7. The molecular formula is C29H19N3S. The molecule has 156 valence electrons. The van der Waals surface area contributed by atoms with Crippen LogP contribution in [0, 0.1) is 0 Å². The third-order valence-electron chi connectivity index (χ3n) is 5.54. The van der Waals surface area contributed by atoms with Crippen LogP contribution in [0.1, 0.15) is 0 Å². The van der Waals surface area contributed by atoms with Gasteiger partial charge in [0.25, 0.3) is 0 Å². The van der Waals surface area contributed by atoms with Crippen LogP contribution in [0.2, 0.25) is 0 Å². The van der Waals surface area contributed by atoms with Crippen molar-refractivity contribution in [2.24, 2.45) is 0 Å². The largest absolute Gasteiger partial charge is 0.236 e. The Balaban J connectivity index is 1.56. The topological polar surface area (TPSA) is 38.7 Å². The van der Waals surface area contributed by atoms with Crippen molar-refractivity contribution < 1.29 is 0 Å². The van der Waals surface area contributed by atoms with E-state index in [4.69, 9.17) is 15.0 Å². The average Bonchev–Trinajstić information content (AvgIpc) is 3.35. The molecule has 2 aromatic heterocycles. The lowest BCUT2D eigenvalue weighted by Gasteiger charge is -2.09. The average molecular weight is 442 g/mol. The lowest BCUT2D eigenvalue weighted by atomic mass is 10.1. The minimum absolute atomic E-state index is 0.712. The molecule has 0 amide bonds. The third-order valence-corrected chi connectivity index (χ3v) is 6.70. The highest BCUT2D eigenvalue weighted by molar-refractivity contribution is 7.22. The van der Waals surface area contributed by atoms with E-state index in [2.05, 4.69) is 54.6 Å². The maximum atomic E-state index is 5.00. The molecule has 0 N–H and O–H groups in total. The van der Waals surface area contributed by atoms with E-state index >= 15 is 0 Å². The maximum absolute atomic E-state index is 5.00. The molecule has 0 aliphatic heterocycles. The van der Waals surface area contributed by atoms with Crippen LogP contribution >= 0.6 is 11.3 Å². The van der Waals surface area contributed by atoms with Gasteiger partial charge < -0.3 is 0 Å². The summed E-state index contributed by atoms with van der Waals surface area (Å²) in [6.45, 7) is 0. The van der Waals surface area contributed by atoms with Crippen LogP contribution in [0.25, 0.3) is 54.7 Å². The van der Waals surface area contributed by atoms with Crippen LogP contribution in [-0.2, 0) is 0 Å². The van der Waals surface area contributed by atoms with Crippen LogP contribution in [0.4, 0.5) is 0 Å². The number of hydrogen-bond acceptors (Lipinski definition) is 4. The summed E-state index contributed by atoms with van der Waals surface area (Å²) in [5, 5.41) is 1.00. The molecule has 6 aromatic rings. The Morgan fingerprint density at radius 3 is 1.61 bits per heavy atom. The summed E-state index contributed by atoms with van der Waals surface area (Å²) in [6, 6.07) is 39.1. The maximum Gasteiger partial charge on any atom is 0.161 e. The van der Waals surface area contributed by atoms with E-state index in [0.717, 1.165) is 48.9 Å². The molecule has 0 spiro atoms. The molecule has 0 bridgehead atoms. The van der Waals surface area contributed by atoms with Crippen LogP contribution in [0.3, 0.4) is 0 Å². The standard InChI is InChI=1S/C29H19N3S/c1-4-11-20(12-5-1)25-19-26(21-13-6-2-7-14-21)31-28(30-25)23-17-10-18-24-27(23)33-29(32-24)22-15-8-3-9-16-22/h1-19H. The van der Waals surface area contributed by atoms with Crippen molar-refractivity contribution >= 4 is 21.6 Å². The molecule has 0 aliphatic rings. The fraction of sp³-hybridized carbons (Fsp3) is 0. The first-order valence-corrected chi connectivity index (χ1v) is 11.6. The highest BCUT2D eigenvalue weighted by Gasteiger charge is 2.15. The summed E-state index contributed by atoms with van der Waals surface area (Å²) in [5.41, 5.74) is 7.04. The van der Waals surface area contributed by atoms with Crippen molar-refractivity contribution in [3.05, 3.63) is 115 Å². The summed E-state index contributed by atoms with van der Waals surface area (Å²) in [5.74, 6) is 0.712. The van der Waals surface area contributed by atoms with Gasteiger partial charge in [-0.15, -0.1) is 11.3 Å². The molecule has 0 aliphatic carbocycles. The Labute approximate surface area is 196 Å². The van der Waals surface area contributed by atoms with Crippen molar-refractivity contribution in [1.29, 1.82) is 0 Å². The monoisotopic (exact) mass is 441 g/mol. The number of rotatable bonds is 4. The molecule has 0 saturated heterocycles. The second kappa shape index (κ2) is 8.41. The van der Waals surface area contributed by atoms with Gasteiger partial charge in [0.15, 0.2) is 5.82 Å². The van der Waals surface area contributed by atoms with E-state index in [1.54, 1.807) is 11.3 Å². The summed E-state index contributed by atoms with van der Waals surface area (Å²) in [6.07, 6.45) is 0. The molecule has 2 heterocycles. The van der Waals surface area contributed by atoms with Crippen molar-refractivity contribution in [3.8, 4) is 44.5 Å². The minimum Gasteiger partial charge on any atom is -0.236 e. The first-order valence-electron chi connectivity index (χ1n) is 10.8. The molecule has 0 radical (unpaired) electrons. The number of thiazole rings is 1. The number of aromatic nitrogens is 3. The molecule has 4 heteroatoms. The second-order valence-corrected chi connectivity index (χ2v) is 8.73. The quantitative estimate of drug-likeness (QED) is 0.281. The first-order chi connectivity index (χ1) is 16.3. The van der Waals surface area contributed by atoms with Gasteiger partial charge >= 0.3 is 0 Å². The molecule has 4 aromatic carbocycles. The van der Waals surface area contributed by atoms with Gasteiger partial charge in [-0.1, -0.05) is 97.1 Å². The Bertz CT molecular complexity index is 1480. The lowest BCUT2D eigenvalue weighted by Crippen LogP contribution is -1.96. The molecular weight excluding hydrogens is 422 g/mol. The zero-order chi connectivity index (χ0) is 22.0. The predicted octanol–water partition coefficient (Wildman–Crippen LogP) is 7.75. The highest BCUT2D eigenvalue weighted by atomic mass is 32.1. The van der Waals surface area contributed by atoms with Gasteiger partial charge in [-0.2, -0.15) is 0 Å². The molecule has 33 heavy (non-hydrogen) atoms. The normalized spacial score (nSPS) is 11.0. The number of benzene rings is 4. The van der Waals surface area contributed by atoms with E-state index in [0.29, 0.717) is 5.82 Å². The summed E-state index contributed by atoms with van der Waals surface area (Å²) >= 11 is 1.68. The van der Waals surface area contributed by atoms with Crippen molar-refractivity contribution in [2.45, 2.75) is 0 Å². The molecule has 0 unspecified atom stereocenters. The van der Waals surface area contributed by atoms with Gasteiger partial charge in [-0.05, 0) is 18.2 Å². The Morgan fingerprint density at radius 1 is 0.485 bits per heavy atom. The Kier molecular flexibility index (Phi) is 4.98. The van der Waals surface area contributed by atoms with Crippen molar-refractivity contribution in [1.82, 2.24) is 15.0 Å². The summed E-state index contributed by atoms with van der Waals surface area (Å²) in [4.78, 5) is 14.9. The molecule has 6 rings (SSSR count). The van der Waals surface area contributed by atoms with Crippen LogP contribution in [0.15, 0.2) is 115 Å². The van der Waals surface area contributed by atoms with E-state index in [9.17, 15) is 0 Å². The van der Waals surface area contributed by atoms with E-state index in [1.807, 2.05) is 60.7 Å². The molecule has 0 fully saturated rings. The van der Waals surface area contributed by atoms with E-state index in [1.165, 1.54) is 0 Å². The molecule has 0 saturated carbocycles. The third kappa shape index (κ3) is 3.81. The fourth-order valence-corrected chi connectivity index (χ4v) is 4.99. The molecule has 3 nitrogen and oxygen atoms in total. The fourth-order valence-electron chi connectivity index (χ4n) is 3.91. The van der Waals surface area contributed by atoms with E-state index < -0.39 is 0 Å². The van der Waals surface area contributed by atoms with Gasteiger partial charge in [-0.25, -0.2) is 15.0 Å². The van der Waals surface area contributed by atoms with Gasteiger partial charge in [0, 0.05) is 22.3 Å². The van der Waals surface area contributed by atoms with Crippen molar-refractivity contribution in [2.75, 3.05) is 0 Å². The van der Waals surface area contributed by atoms with Crippen LogP contribution < -0.4 is 0 Å². The SMILES string of the molecule is c1ccc(-c2cc(-c3ccccc3)nc(-c3cccc4nc(-c5ccccc5)sc34)n2)cc1. The smallest absolute Gasteiger partial charge is 0.161 e. The second-order valence-electron chi connectivity index (χ2n) is 7.73. The van der Waals surface area contributed by atoms with Gasteiger partial charge in [0.2, 0.25) is 0 Å². The Hall–Kier alpha value is -4.15. The lowest BCUT2D eigenvalue weighted by molar-refractivity contribution is 1.19.